The van der Waals surface area contributed by atoms with Crippen molar-refractivity contribution < 1.29 is 26.0 Å². The summed E-state index contributed by atoms with van der Waals surface area (Å²) >= 11 is 0. The molecule has 0 aromatic heterocycles. The van der Waals surface area contributed by atoms with E-state index in [1.54, 1.807) is 32.0 Å². The van der Waals surface area contributed by atoms with Crippen molar-refractivity contribution in [2.45, 2.75) is 36.2 Å². The molecule has 0 aliphatic carbocycles. The Hall–Kier alpha value is -2.34. The van der Waals surface area contributed by atoms with Crippen molar-refractivity contribution in [1.29, 1.82) is 0 Å². The van der Waals surface area contributed by atoms with Crippen molar-refractivity contribution in [2.24, 2.45) is 5.92 Å². The zero-order valence-electron chi connectivity index (χ0n) is 17.7. The molecule has 0 fully saturated rings. The average molecular weight is 472 g/mol. The third-order valence-corrected chi connectivity index (χ3v) is 7.93. The number of hydrogen-bond acceptors (Lipinski definition) is 5. The van der Waals surface area contributed by atoms with Crippen LogP contribution in [0.15, 0.2) is 58.3 Å². The van der Waals surface area contributed by atoms with Gasteiger partial charge in [-0.25, -0.2) is 25.5 Å². The number of benzene rings is 2. The quantitative estimate of drug-likeness (QED) is 0.578. The molecule has 0 saturated heterocycles. The predicted molar refractivity (Wildman–Crippen MR) is 115 cm³/mol. The highest BCUT2D eigenvalue weighted by atomic mass is 32.2. The minimum Gasteiger partial charge on any atom is -0.351 e. The number of nitrogens with one attached hydrogen (secondary N) is 2. The zero-order chi connectivity index (χ0) is 23.4. The molecule has 0 spiro atoms. The van der Waals surface area contributed by atoms with Crippen molar-refractivity contribution in [1.82, 2.24) is 14.3 Å². The summed E-state index contributed by atoms with van der Waals surface area (Å²) in [7, 11) is -5.23. The molecule has 0 radical (unpaired) electrons. The molecule has 31 heavy (non-hydrogen) atoms. The summed E-state index contributed by atoms with van der Waals surface area (Å²) in [6.07, 6.45) is 0. The van der Waals surface area contributed by atoms with E-state index in [1.807, 2.05) is 0 Å². The first-order valence-corrected chi connectivity index (χ1v) is 12.3. The maximum atomic E-state index is 13.9. The molecule has 0 aliphatic heterocycles. The van der Waals surface area contributed by atoms with Gasteiger partial charge in [0, 0.05) is 20.6 Å². The molecule has 0 bridgehead atoms. The van der Waals surface area contributed by atoms with Gasteiger partial charge in [0.1, 0.15) is 16.8 Å². The summed E-state index contributed by atoms with van der Waals surface area (Å²) in [4.78, 5) is 12.2. The molecule has 2 aromatic rings. The second-order valence-corrected chi connectivity index (χ2v) is 11.2. The van der Waals surface area contributed by atoms with Crippen LogP contribution >= 0.6 is 0 Å². The fraction of sp³-hybridized carbons (Fsp3) is 0.350. The Labute approximate surface area is 182 Å². The molecule has 8 nitrogen and oxygen atoms in total. The van der Waals surface area contributed by atoms with Crippen LogP contribution in [0.1, 0.15) is 19.4 Å². The maximum Gasteiger partial charge on any atom is 0.244 e. The van der Waals surface area contributed by atoms with E-state index in [9.17, 15) is 26.0 Å². The zero-order valence-corrected chi connectivity index (χ0v) is 19.3. The highest BCUT2D eigenvalue weighted by Gasteiger charge is 2.30. The number of amides is 1. The Morgan fingerprint density at radius 1 is 0.968 bits per heavy atom. The van der Waals surface area contributed by atoms with Crippen LogP contribution in [0, 0.1) is 11.7 Å². The van der Waals surface area contributed by atoms with E-state index >= 15 is 0 Å². The second kappa shape index (κ2) is 9.86. The Balaban J connectivity index is 2.23. The lowest BCUT2D eigenvalue weighted by Gasteiger charge is -2.22. The summed E-state index contributed by atoms with van der Waals surface area (Å²) in [5, 5.41) is 2.58. The first-order chi connectivity index (χ1) is 14.4. The van der Waals surface area contributed by atoms with Crippen LogP contribution in [0.2, 0.25) is 0 Å². The van der Waals surface area contributed by atoms with Crippen LogP contribution in [0.3, 0.4) is 0 Å². The second-order valence-electron chi connectivity index (χ2n) is 7.39. The molecule has 0 unspecified atom stereocenters. The average Bonchev–Trinajstić information content (AvgIpc) is 2.70. The molecule has 11 heteroatoms. The SMILES string of the molecule is CC(C)[C@H](NS(=O)(=O)c1ccccc1F)C(=O)NCc1ccccc1S(=O)(=O)N(C)C. The van der Waals surface area contributed by atoms with Crippen LogP contribution < -0.4 is 10.0 Å². The largest absolute Gasteiger partial charge is 0.351 e. The lowest BCUT2D eigenvalue weighted by Crippen LogP contribution is -2.49. The lowest BCUT2D eigenvalue weighted by molar-refractivity contribution is -0.123. The molecule has 0 heterocycles. The van der Waals surface area contributed by atoms with Crippen molar-refractivity contribution in [3.63, 3.8) is 0 Å². The molecule has 1 atom stereocenters. The van der Waals surface area contributed by atoms with E-state index in [-0.39, 0.29) is 11.4 Å². The number of sulfonamides is 2. The van der Waals surface area contributed by atoms with Gasteiger partial charge in [-0.2, -0.15) is 4.72 Å². The minimum absolute atomic E-state index is 0.0355. The van der Waals surface area contributed by atoms with Gasteiger partial charge in [0.15, 0.2) is 0 Å². The van der Waals surface area contributed by atoms with Crippen molar-refractivity contribution in [3.05, 3.63) is 59.9 Å². The topological polar surface area (TPSA) is 113 Å². The number of halogens is 1. The lowest BCUT2D eigenvalue weighted by atomic mass is 10.0. The first kappa shape index (κ1) is 24.9. The summed E-state index contributed by atoms with van der Waals surface area (Å²) in [6.45, 7) is 3.14. The van der Waals surface area contributed by atoms with Gasteiger partial charge in [0.25, 0.3) is 0 Å². The normalized spacial score (nSPS) is 13.4. The van der Waals surface area contributed by atoms with Gasteiger partial charge in [0.05, 0.1) is 4.90 Å². The van der Waals surface area contributed by atoms with Crippen LogP contribution in [-0.4, -0.2) is 47.2 Å². The fourth-order valence-electron chi connectivity index (χ4n) is 2.78. The van der Waals surface area contributed by atoms with E-state index in [1.165, 1.54) is 32.3 Å². The van der Waals surface area contributed by atoms with Crippen LogP contribution in [0.25, 0.3) is 0 Å². The number of carbonyl (C=O) groups excluding carboxylic acids is 1. The van der Waals surface area contributed by atoms with Gasteiger partial charge in [-0.15, -0.1) is 0 Å². The van der Waals surface area contributed by atoms with Crippen molar-refractivity contribution in [2.75, 3.05) is 14.1 Å². The summed E-state index contributed by atoms with van der Waals surface area (Å²) in [5.41, 5.74) is 0.351. The molecule has 1 amide bonds. The Bertz CT molecular complexity index is 1150. The minimum atomic E-state index is -4.29. The smallest absolute Gasteiger partial charge is 0.244 e. The van der Waals surface area contributed by atoms with E-state index < -0.39 is 48.6 Å². The first-order valence-electron chi connectivity index (χ1n) is 9.43. The van der Waals surface area contributed by atoms with Crippen LogP contribution in [0.4, 0.5) is 4.39 Å². The molecular weight excluding hydrogens is 445 g/mol. The Morgan fingerprint density at radius 3 is 2.06 bits per heavy atom. The molecule has 0 saturated carbocycles. The number of nitrogens with zero attached hydrogens (tertiary/aromatic N) is 1. The van der Waals surface area contributed by atoms with E-state index in [2.05, 4.69) is 10.0 Å². The van der Waals surface area contributed by atoms with Crippen molar-refractivity contribution in [3.8, 4) is 0 Å². The van der Waals surface area contributed by atoms with Crippen molar-refractivity contribution >= 4 is 26.0 Å². The summed E-state index contributed by atoms with van der Waals surface area (Å²) in [6, 6.07) is 9.86. The fourth-order valence-corrected chi connectivity index (χ4v) is 5.31. The molecular formula is C20H26FN3O5S2. The standard InChI is InChI=1S/C20H26FN3O5S2/c1-14(2)19(23-30(26,27)18-12-8-6-10-16(18)21)20(25)22-13-15-9-5-7-11-17(15)31(28,29)24(3)4/h5-12,14,19,23H,13H2,1-4H3,(H,22,25)/t19-/m0/s1. The summed E-state index contributed by atoms with van der Waals surface area (Å²) in [5.74, 6) is -2.05. The third-order valence-electron chi connectivity index (χ3n) is 4.54. The van der Waals surface area contributed by atoms with Crippen LogP contribution in [0.5, 0.6) is 0 Å². The monoisotopic (exact) mass is 471 g/mol. The maximum absolute atomic E-state index is 13.9. The van der Waals surface area contributed by atoms with Crippen LogP contribution in [-0.2, 0) is 31.4 Å². The van der Waals surface area contributed by atoms with Gasteiger partial charge < -0.3 is 5.32 Å². The van der Waals surface area contributed by atoms with Gasteiger partial charge in [-0.05, 0) is 29.7 Å². The summed E-state index contributed by atoms with van der Waals surface area (Å²) < 4.78 is 67.4. The number of rotatable bonds is 9. The van der Waals surface area contributed by atoms with Gasteiger partial charge >= 0.3 is 0 Å². The number of hydrogen-bond donors (Lipinski definition) is 2. The van der Waals surface area contributed by atoms with Gasteiger partial charge in [-0.1, -0.05) is 44.2 Å². The molecule has 0 aliphatic rings. The highest BCUT2D eigenvalue weighted by molar-refractivity contribution is 7.89. The van der Waals surface area contributed by atoms with Gasteiger partial charge in [-0.3, -0.25) is 4.79 Å². The third kappa shape index (κ3) is 5.88. The highest BCUT2D eigenvalue weighted by Crippen LogP contribution is 2.19. The van der Waals surface area contributed by atoms with E-state index in [0.717, 1.165) is 16.4 Å². The molecule has 2 aromatic carbocycles. The van der Waals surface area contributed by atoms with E-state index in [4.69, 9.17) is 0 Å². The molecule has 170 valence electrons. The van der Waals surface area contributed by atoms with E-state index in [0.29, 0.717) is 5.56 Å². The predicted octanol–water partition coefficient (Wildman–Crippen LogP) is 1.70. The van der Waals surface area contributed by atoms with Gasteiger partial charge in [0.2, 0.25) is 26.0 Å². The Kier molecular flexibility index (Phi) is 7.93. The molecule has 2 N–H and O–H groups in total. The number of carbonyl (C=O) groups is 1. The Morgan fingerprint density at radius 2 is 1.52 bits per heavy atom. The molecule has 2 rings (SSSR count).